The molecule has 2 heterocycles. The number of benzene rings is 1. The van der Waals surface area contributed by atoms with Crippen molar-refractivity contribution in [2.45, 2.75) is 25.8 Å². The Morgan fingerprint density at radius 3 is 2.78 bits per heavy atom. The van der Waals surface area contributed by atoms with Crippen LogP contribution in [0.3, 0.4) is 0 Å². The first kappa shape index (κ1) is 19.0. The van der Waals surface area contributed by atoms with E-state index in [1.165, 1.54) is 11.3 Å². The van der Waals surface area contributed by atoms with Gasteiger partial charge in [-0.15, -0.1) is 11.3 Å². The van der Waals surface area contributed by atoms with Crippen LogP contribution in [0.25, 0.3) is 0 Å². The van der Waals surface area contributed by atoms with Crippen molar-refractivity contribution < 1.29 is 19.1 Å². The Bertz CT molecular complexity index is 836. The number of aromatic nitrogens is 1. The zero-order valence-corrected chi connectivity index (χ0v) is 16.0. The van der Waals surface area contributed by atoms with Crippen LogP contribution in [0.4, 0.5) is 5.13 Å². The van der Waals surface area contributed by atoms with Crippen molar-refractivity contribution >= 4 is 34.3 Å². The number of likely N-dealkylation sites (tertiary alicyclic amines) is 1. The molecule has 2 amide bonds. The second kappa shape index (κ2) is 8.30. The monoisotopic (exact) mass is 387 g/mol. The van der Waals surface area contributed by atoms with Crippen LogP contribution >= 0.6 is 11.3 Å². The van der Waals surface area contributed by atoms with E-state index < -0.39 is 5.92 Å². The number of amides is 2. The van der Waals surface area contributed by atoms with Gasteiger partial charge in [-0.05, 0) is 12.5 Å². The fraction of sp³-hybridized carbons (Fsp3) is 0.368. The molecular weight excluding hydrogens is 366 g/mol. The Morgan fingerprint density at radius 2 is 2.07 bits per heavy atom. The van der Waals surface area contributed by atoms with E-state index >= 15 is 0 Å². The van der Waals surface area contributed by atoms with Crippen LogP contribution in [0.1, 0.15) is 30.6 Å². The Labute approximate surface area is 161 Å². The number of carbonyl (C=O) groups is 3. The second-order valence-electron chi connectivity index (χ2n) is 6.29. The number of hydrogen-bond acceptors (Lipinski definition) is 6. The van der Waals surface area contributed by atoms with E-state index in [2.05, 4.69) is 10.3 Å². The molecule has 0 spiro atoms. The topological polar surface area (TPSA) is 88.6 Å². The molecule has 142 valence electrons. The summed E-state index contributed by atoms with van der Waals surface area (Å²) in [6.45, 7) is 2.06. The highest BCUT2D eigenvalue weighted by Gasteiger charge is 2.42. The third-order valence-electron chi connectivity index (χ3n) is 4.48. The van der Waals surface area contributed by atoms with E-state index in [4.69, 9.17) is 4.74 Å². The maximum absolute atomic E-state index is 12.8. The number of hydrogen-bond donors (Lipinski definition) is 1. The Kier molecular flexibility index (Phi) is 5.85. The number of rotatable bonds is 6. The average Bonchev–Trinajstić information content (AvgIpc) is 3.20. The smallest absolute Gasteiger partial charge is 0.311 e. The summed E-state index contributed by atoms with van der Waals surface area (Å²) >= 11 is 1.25. The molecule has 0 saturated carbocycles. The molecule has 1 aliphatic heterocycles. The molecule has 0 aliphatic carbocycles. The summed E-state index contributed by atoms with van der Waals surface area (Å²) in [6.07, 6.45) is 0.223. The maximum Gasteiger partial charge on any atom is 0.311 e. The van der Waals surface area contributed by atoms with Gasteiger partial charge < -0.3 is 15.0 Å². The van der Waals surface area contributed by atoms with Gasteiger partial charge in [-0.3, -0.25) is 14.4 Å². The molecule has 2 atom stereocenters. The molecule has 27 heavy (non-hydrogen) atoms. The zero-order chi connectivity index (χ0) is 19.4. The normalized spacial score (nSPS) is 19.2. The number of nitrogens with zero attached hydrogens (tertiary/aromatic N) is 2. The largest absolute Gasteiger partial charge is 0.466 e. The lowest BCUT2D eigenvalue weighted by Gasteiger charge is -2.24. The molecule has 1 aromatic carbocycles. The first-order valence-corrected chi connectivity index (χ1v) is 9.59. The Morgan fingerprint density at radius 1 is 1.33 bits per heavy atom. The van der Waals surface area contributed by atoms with Crippen LogP contribution in [0.2, 0.25) is 0 Å². The van der Waals surface area contributed by atoms with Gasteiger partial charge in [0.2, 0.25) is 11.8 Å². The summed E-state index contributed by atoms with van der Waals surface area (Å²) in [6, 6.07) is 9.21. The third-order valence-corrected chi connectivity index (χ3v) is 5.28. The summed E-state index contributed by atoms with van der Waals surface area (Å²) in [5.74, 6) is -1.17. The van der Waals surface area contributed by atoms with Crippen LogP contribution in [-0.4, -0.2) is 41.3 Å². The molecule has 0 bridgehead atoms. The average molecular weight is 387 g/mol. The van der Waals surface area contributed by atoms with Crippen molar-refractivity contribution in [1.82, 2.24) is 9.88 Å². The van der Waals surface area contributed by atoms with Gasteiger partial charge in [-0.2, -0.15) is 0 Å². The van der Waals surface area contributed by atoms with Crippen molar-refractivity contribution in [2.24, 2.45) is 5.92 Å². The molecule has 3 rings (SSSR count). The lowest BCUT2D eigenvalue weighted by molar-refractivity contribution is -0.142. The van der Waals surface area contributed by atoms with Crippen molar-refractivity contribution in [3.05, 3.63) is 47.0 Å². The van der Waals surface area contributed by atoms with Gasteiger partial charge >= 0.3 is 5.97 Å². The molecule has 0 radical (unpaired) electrons. The predicted molar refractivity (Wildman–Crippen MR) is 101 cm³/mol. The quantitative estimate of drug-likeness (QED) is 0.769. The van der Waals surface area contributed by atoms with E-state index in [0.29, 0.717) is 17.4 Å². The zero-order valence-electron chi connectivity index (χ0n) is 15.2. The molecular formula is C19H21N3O4S. The number of ether oxygens (including phenoxy) is 1. The highest BCUT2D eigenvalue weighted by atomic mass is 32.1. The molecule has 2 aromatic rings. The van der Waals surface area contributed by atoms with E-state index in [-0.39, 0.29) is 36.7 Å². The van der Waals surface area contributed by atoms with Crippen molar-refractivity contribution in [1.29, 1.82) is 0 Å². The minimum absolute atomic E-state index is 0.0638. The molecule has 1 aromatic heterocycles. The molecule has 7 nitrogen and oxygen atoms in total. The molecule has 1 aliphatic rings. The van der Waals surface area contributed by atoms with E-state index in [1.807, 2.05) is 30.3 Å². The number of carbonyl (C=O) groups excluding carboxylic acids is 3. The van der Waals surface area contributed by atoms with E-state index in [9.17, 15) is 14.4 Å². The molecule has 1 fully saturated rings. The van der Waals surface area contributed by atoms with Gasteiger partial charge in [0.05, 0.1) is 30.7 Å². The van der Waals surface area contributed by atoms with Gasteiger partial charge in [-0.25, -0.2) is 4.98 Å². The molecule has 1 N–H and O–H groups in total. The summed E-state index contributed by atoms with van der Waals surface area (Å²) in [4.78, 5) is 42.4. The molecule has 1 saturated heterocycles. The Balaban J connectivity index is 1.70. The van der Waals surface area contributed by atoms with Gasteiger partial charge in [0.15, 0.2) is 5.13 Å². The van der Waals surface area contributed by atoms with Crippen molar-refractivity contribution in [3.63, 3.8) is 0 Å². The number of anilines is 1. The second-order valence-corrected chi connectivity index (χ2v) is 7.14. The summed E-state index contributed by atoms with van der Waals surface area (Å²) in [5, 5.41) is 4.91. The number of thiazole rings is 1. The number of esters is 1. The van der Waals surface area contributed by atoms with E-state index in [0.717, 1.165) is 5.56 Å². The SMILES string of the molecule is CCOC(=O)Cc1csc(NC(=O)[C@H]2CC(=O)N(C)[C@@H]2c2ccccc2)n1. The van der Waals surface area contributed by atoms with Crippen molar-refractivity contribution in [3.8, 4) is 0 Å². The van der Waals surface area contributed by atoms with Crippen LogP contribution in [-0.2, 0) is 25.5 Å². The summed E-state index contributed by atoms with van der Waals surface area (Å²) in [7, 11) is 1.72. The predicted octanol–water partition coefficient (Wildman–Crippen LogP) is 2.41. The highest BCUT2D eigenvalue weighted by Crippen LogP contribution is 2.37. The van der Waals surface area contributed by atoms with Crippen LogP contribution < -0.4 is 5.32 Å². The lowest BCUT2D eigenvalue weighted by Crippen LogP contribution is -2.30. The van der Waals surface area contributed by atoms with Crippen LogP contribution in [0.15, 0.2) is 35.7 Å². The first-order chi connectivity index (χ1) is 13.0. The minimum atomic E-state index is -0.498. The first-order valence-electron chi connectivity index (χ1n) is 8.71. The third kappa shape index (κ3) is 4.33. The number of nitrogens with one attached hydrogen (secondary N) is 1. The fourth-order valence-corrected chi connectivity index (χ4v) is 3.93. The van der Waals surface area contributed by atoms with Gasteiger partial charge in [0, 0.05) is 18.8 Å². The fourth-order valence-electron chi connectivity index (χ4n) is 3.21. The molecule has 8 heteroatoms. The highest BCUT2D eigenvalue weighted by molar-refractivity contribution is 7.13. The van der Waals surface area contributed by atoms with Crippen LogP contribution in [0.5, 0.6) is 0 Å². The van der Waals surface area contributed by atoms with E-state index in [1.54, 1.807) is 24.3 Å². The van der Waals surface area contributed by atoms with Gasteiger partial charge in [-0.1, -0.05) is 30.3 Å². The maximum atomic E-state index is 12.8. The lowest BCUT2D eigenvalue weighted by atomic mass is 9.93. The van der Waals surface area contributed by atoms with Gasteiger partial charge in [0.1, 0.15) is 0 Å². The standard InChI is InChI=1S/C19H21N3O4S/c1-3-26-16(24)9-13-11-27-19(20-13)21-18(25)14-10-15(23)22(2)17(14)12-7-5-4-6-8-12/h4-8,11,14,17H,3,9-10H2,1-2H3,(H,20,21,25)/t14-,17+/m0/s1. The van der Waals surface area contributed by atoms with Gasteiger partial charge in [0.25, 0.3) is 0 Å². The van der Waals surface area contributed by atoms with Crippen molar-refractivity contribution in [2.75, 3.05) is 19.0 Å². The Hall–Kier alpha value is -2.74. The summed E-state index contributed by atoms with van der Waals surface area (Å²) in [5.41, 5.74) is 1.47. The molecule has 0 unspecified atom stereocenters. The summed E-state index contributed by atoms with van der Waals surface area (Å²) < 4.78 is 4.90. The minimum Gasteiger partial charge on any atom is -0.466 e. The van der Waals surface area contributed by atoms with Crippen LogP contribution in [0, 0.1) is 5.92 Å².